The number of rotatable bonds is 12. The molecule has 0 fully saturated rings. The van der Waals surface area contributed by atoms with Gasteiger partial charge in [-0.25, -0.2) is 4.98 Å². The van der Waals surface area contributed by atoms with Crippen LogP contribution in [0.15, 0.2) is 143 Å². The molecule has 0 aliphatic carbocycles. The monoisotopic (exact) mass is 754 g/mol. The van der Waals surface area contributed by atoms with Gasteiger partial charge in [-0.1, -0.05) is 147 Å². The molecule has 0 bridgehead atoms. The molecule has 7 rings (SSSR count). The molecule has 5 aromatic carbocycles. The second kappa shape index (κ2) is 16.2. The van der Waals surface area contributed by atoms with Crippen LogP contribution in [0.5, 0.6) is 0 Å². The van der Waals surface area contributed by atoms with Crippen LogP contribution in [-0.4, -0.2) is 43.1 Å². The van der Waals surface area contributed by atoms with E-state index in [9.17, 15) is 9.59 Å². The van der Waals surface area contributed by atoms with Gasteiger partial charge < -0.3 is 10.6 Å². The Hall–Kier alpha value is -5.23. The Kier molecular flexibility index (Phi) is 11.0. The molecule has 0 aliphatic heterocycles. The molecule has 266 valence electrons. The molecule has 0 aliphatic rings. The minimum absolute atomic E-state index is 0.0417. The Morgan fingerprint density at radius 3 is 2.00 bits per heavy atom. The standard InChI is InChI=1S/C42H38N6O2S3/c1-42(2,3)31-21-19-30(20-22-31)39-46-47-40(48(39)33-17-11-6-12-18-33)51-26-36(49)43-32-23-24-34-35(25-32)53-41(44-34)52-27-37(50)45-38(28-13-7-4-8-14-28)29-15-9-5-10-16-29/h4-25,38H,26-27H2,1-3H3,(H,43,49)(H,45,50). The molecular formula is C42H38N6O2S3. The van der Waals surface area contributed by atoms with E-state index in [1.807, 2.05) is 114 Å². The van der Waals surface area contributed by atoms with E-state index >= 15 is 0 Å². The van der Waals surface area contributed by atoms with E-state index in [1.54, 1.807) is 0 Å². The van der Waals surface area contributed by atoms with E-state index in [1.165, 1.54) is 40.4 Å². The average molecular weight is 755 g/mol. The van der Waals surface area contributed by atoms with Crippen molar-refractivity contribution in [2.24, 2.45) is 0 Å². The van der Waals surface area contributed by atoms with Crippen LogP contribution in [0, 0.1) is 0 Å². The third-order valence-corrected chi connectivity index (χ3v) is 11.6. The first-order chi connectivity index (χ1) is 25.7. The lowest BCUT2D eigenvalue weighted by Gasteiger charge is -2.19. The highest BCUT2D eigenvalue weighted by atomic mass is 32.2. The van der Waals surface area contributed by atoms with Crippen LogP contribution in [0.2, 0.25) is 0 Å². The molecule has 8 nitrogen and oxygen atoms in total. The molecule has 2 N–H and O–H groups in total. The van der Waals surface area contributed by atoms with Crippen LogP contribution in [0.1, 0.15) is 43.5 Å². The third-order valence-electron chi connectivity index (χ3n) is 8.54. The number of hydrogen-bond acceptors (Lipinski definition) is 8. The summed E-state index contributed by atoms with van der Waals surface area (Å²) in [6, 6.07) is 43.7. The number of nitrogens with zero attached hydrogens (tertiary/aromatic N) is 4. The van der Waals surface area contributed by atoms with Crippen molar-refractivity contribution in [2.75, 3.05) is 16.8 Å². The zero-order chi connectivity index (χ0) is 36.8. The maximum Gasteiger partial charge on any atom is 0.234 e. The van der Waals surface area contributed by atoms with Crippen molar-refractivity contribution in [1.29, 1.82) is 0 Å². The number of amides is 2. The summed E-state index contributed by atoms with van der Waals surface area (Å²) in [4.78, 5) is 31.1. The predicted octanol–water partition coefficient (Wildman–Crippen LogP) is 9.57. The van der Waals surface area contributed by atoms with E-state index < -0.39 is 0 Å². The number of hydrogen-bond donors (Lipinski definition) is 2. The molecule has 0 spiro atoms. The first-order valence-corrected chi connectivity index (χ1v) is 20.0. The van der Waals surface area contributed by atoms with Gasteiger partial charge in [0.15, 0.2) is 15.3 Å². The van der Waals surface area contributed by atoms with E-state index in [0.717, 1.165) is 36.9 Å². The fraction of sp³-hybridized carbons (Fsp3) is 0.167. The molecule has 0 unspecified atom stereocenters. The van der Waals surface area contributed by atoms with Crippen molar-refractivity contribution in [2.45, 2.75) is 41.7 Å². The lowest BCUT2D eigenvalue weighted by Crippen LogP contribution is -2.30. The fourth-order valence-electron chi connectivity index (χ4n) is 5.83. The number of para-hydroxylation sites is 1. The molecule has 53 heavy (non-hydrogen) atoms. The second-order valence-electron chi connectivity index (χ2n) is 13.4. The number of thioether (sulfide) groups is 2. The van der Waals surface area contributed by atoms with Crippen molar-refractivity contribution in [1.82, 2.24) is 25.1 Å². The van der Waals surface area contributed by atoms with Gasteiger partial charge in [0.25, 0.3) is 0 Å². The number of anilines is 1. The zero-order valence-electron chi connectivity index (χ0n) is 29.5. The van der Waals surface area contributed by atoms with Crippen LogP contribution < -0.4 is 10.6 Å². The van der Waals surface area contributed by atoms with Gasteiger partial charge in [0.05, 0.1) is 27.8 Å². The highest BCUT2D eigenvalue weighted by molar-refractivity contribution is 8.01. The lowest BCUT2D eigenvalue weighted by atomic mass is 9.87. The van der Waals surface area contributed by atoms with Crippen molar-refractivity contribution in [3.05, 3.63) is 150 Å². The molecule has 2 aromatic heterocycles. The summed E-state index contributed by atoms with van der Waals surface area (Å²) in [7, 11) is 0. The van der Waals surface area contributed by atoms with Gasteiger partial charge in [-0.05, 0) is 52.4 Å². The average Bonchev–Trinajstić information content (AvgIpc) is 3.80. The summed E-state index contributed by atoms with van der Waals surface area (Å²) in [6.45, 7) is 6.58. The maximum absolute atomic E-state index is 13.2. The van der Waals surface area contributed by atoms with E-state index in [0.29, 0.717) is 16.7 Å². The summed E-state index contributed by atoms with van der Waals surface area (Å²) in [5.41, 5.74) is 6.69. The summed E-state index contributed by atoms with van der Waals surface area (Å²) >= 11 is 4.24. The number of carbonyl (C=O) groups is 2. The van der Waals surface area contributed by atoms with E-state index in [2.05, 4.69) is 65.9 Å². The topological polar surface area (TPSA) is 102 Å². The molecule has 0 saturated heterocycles. The Morgan fingerprint density at radius 1 is 0.736 bits per heavy atom. The van der Waals surface area contributed by atoms with Crippen molar-refractivity contribution in [3.63, 3.8) is 0 Å². The van der Waals surface area contributed by atoms with Crippen LogP contribution in [-0.2, 0) is 15.0 Å². The number of nitrogens with one attached hydrogen (secondary N) is 2. The summed E-state index contributed by atoms with van der Waals surface area (Å²) < 4.78 is 3.71. The molecule has 0 atom stereocenters. The minimum Gasteiger partial charge on any atom is -0.344 e. The first-order valence-electron chi connectivity index (χ1n) is 17.2. The predicted molar refractivity (Wildman–Crippen MR) is 218 cm³/mol. The molecule has 2 heterocycles. The minimum atomic E-state index is -0.243. The van der Waals surface area contributed by atoms with Crippen LogP contribution >= 0.6 is 34.9 Å². The number of thiazole rings is 1. The molecule has 7 aromatic rings. The number of benzene rings is 5. The normalized spacial score (nSPS) is 11.5. The van der Waals surface area contributed by atoms with Crippen LogP contribution in [0.3, 0.4) is 0 Å². The quantitative estimate of drug-likeness (QED) is 0.120. The Balaban J connectivity index is 0.987. The zero-order valence-corrected chi connectivity index (χ0v) is 32.0. The van der Waals surface area contributed by atoms with E-state index in [4.69, 9.17) is 4.98 Å². The Morgan fingerprint density at radius 2 is 1.36 bits per heavy atom. The number of fused-ring (bicyclic) bond motifs is 1. The molecule has 11 heteroatoms. The van der Waals surface area contributed by atoms with Gasteiger partial charge in [-0.15, -0.1) is 21.5 Å². The van der Waals surface area contributed by atoms with Crippen LogP contribution in [0.25, 0.3) is 27.3 Å². The highest BCUT2D eigenvalue weighted by Crippen LogP contribution is 2.33. The molecule has 0 radical (unpaired) electrons. The Labute approximate surface area is 321 Å². The lowest BCUT2D eigenvalue weighted by molar-refractivity contribution is -0.119. The molecule has 0 saturated carbocycles. The van der Waals surface area contributed by atoms with Gasteiger partial charge in [-0.3, -0.25) is 14.2 Å². The van der Waals surface area contributed by atoms with Gasteiger partial charge in [0.1, 0.15) is 0 Å². The van der Waals surface area contributed by atoms with Crippen molar-refractivity contribution >= 4 is 62.6 Å². The molecule has 2 amide bonds. The molecular weight excluding hydrogens is 717 g/mol. The van der Waals surface area contributed by atoms with E-state index in [-0.39, 0.29) is 34.8 Å². The first kappa shape index (κ1) is 36.1. The largest absolute Gasteiger partial charge is 0.344 e. The Bertz CT molecular complexity index is 2280. The van der Waals surface area contributed by atoms with Crippen molar-refractivity contribution < 1.29 is 9.59 Å². The summed E-state index contributed by atoms with van der Waals surface area (Å²) in [6.07, 6.45) is 0. The van der Waals surface area contributed by atoms with Crippen molar-refractivity contribution in [3.8, 4) is 17.1 Å². The number of aromatic nitrogens is 4. The van der Waals surface area contributed by atoms with Gasteiger partial charge in [-0.2, -0.15) is 0 Å². The fourth-order valence-corrected chi connectivity index (χ4v) is 8.50. The highest BCUT2D eigenvalue weighted by Gasteiger charge is 2.20. The van der Waals surface area contributed by atoms with Crippen LogP contribution in [0.4, 0.5) is 5.69 Å². The maximum atomic E-state index is 13.2. The summed E-state index contributed by atoms with van der Waals surface area (Å²) in [5, 5.41) is 15.9. The number of carbonyl (C=O) groups excluding carboxylic acids is 2. The van der Waals surface area contributed by atoms with Gasteiger partial charge in [0, 0.05) is 16.9 Å². The van der Waals surface area contributed by atoms with Gasteiger partial charge >= 0.3 is 0 Å². The second-order valence-corrected chi connectivity index (χ2v) is 16.6. The third kappa shape index (κ3) is 8.88. The SMILES string of the molecule is CC(C)(C)c1ccc(-c2nnc(SCC(=O)Nc3ccc4nc(SCC(=O)NC(c5ccccc5)c5ccccc5)sc4c3)n2-c2ccccc2)cc1. The van der Waals surface area contributed by atoms with Gasteiger partial charge in [0.2, 0.25) is 11.8 Å². The summed E-state index contributed by atoms with van der Waals surface area (Å²) in [5.74, 6) is 0.862. The smallest absolute Gasteiger partial charge is 0.234 e.